The molecular formula is C25H22ClF4N3O3. The van der Waals surface area contributed by atoms with Crippen molar-refractivity contribution >= 4 is 29.2 Å². The van der Waals surface area contributed by atoms with Crippen molar-refractivity contribution in [3.8, 4) is 0 Å². The van der Waals surface area contributed by atoms with E-state index >= 15 is 0 Å². The second-order valence-corrected chi connectivity index (χ2v) is 9.42. The average Bonchev–Trinajstić information content (AvgIpc) is 3.60. The third-order valence-electron chi connectivity index (χ3n) is 6.64. The topological polar surface area (TPSA) is 93.5 Å². The van der Waals surface area contributed by atoms with Gasteiger partial charge in [-0.1, -0.05) is 23.7 Å². The molecule has 0 bridgehead atoms. The van der Waals surface area contributed by atoms with E-state index in [0.717, 1.165) is 6.07 Å². The van der Waals surface area contributed by atoms with Crippen LogP contribution in [0.4, 0.5) is 17.6 Å². The van der Waals surface area contributed by atoms with Crippen molar-refractivity contribution in [2.45, 2.75) is 30.9 Å². The van der Waals surface area contributed by atoms with E-state index in [-0.39, 0.29) is 64.5 Å². The predicted octanol–water partition coefficient (Wildman–Crippen LogP) is 5.16. The molecule has 1 heterocycles. The van der Waals surface area contributed by atoms with Gasteiger partial charge in [-0.2, -0.15) is 13.2 Å². The monoisotopic (exact) mass is 523 g/mol. The quantitative estimate of drug-likeness (QED) is 0.360. The number of carboxylic acid groups (broad SMARTS) is 1. The van der Waals surface area contributed by atoms with E-state index < -0.39 is 29.3 Å². The third kappa shape index (κ3) is 4.62. The molecule has 1 saturated carbocycles. The van der Waals surface area contributed by atoms with Gasteiger partial charge >= 0.3 is 12.1 Å². The summed E-state index contributed by atoms with van der Waals surface area (Å²) in [6, 6.07) is 7.13. The fourth-order valence-electron chi connectivity index (χ4n) is 4.49. The van der Waals surface area contributed by atoms with Crippen LogP contribution >= 0.6 is 11.6 Å². The Bertz CT molecular complexity index is 1300. The lowest BCUT2D eigenvalue weighted by Crippen LogP contribution is -2.39. The van der Waals surface area contributed by atoms with E-state index in [1.807, 2.05) is 4.90 Å². The molecule has 190 valence electrons. The molecule has 1 amide bonds. The Morgan fingerprint density at radius 1 is 1.19 bits per heavy atom. The molecule has 1 fully saturated rings. The van der Waals surface area contributed by atoms with Gasteiger partial charge in [0.2, 0.25) is 0 Å². The molecule has 2 aromatic rings. The number of hydrogen-bond acceptors (Lipinski definition) is 4. The first kappa shape index (κ1) is 25.8. The lowest BCUT2D eigenvalue weighted by atomic mass is 9.89. The van der Waals surface area contributed by atoms with Gasteiger partial charge in [0.25, 0.3) is 5.91 Å². The number of carbonyl (C=O) groups excluding carboxylic acids is 1. The number of nitrogens with zero attached hydrogens (tertiary/aromatic N) is 1. The molecule has 11 heteroatoms. The maximum atomic E-state index is 14.7. The number of carbonyl (C=O) groups is 2. The van der Waals surface area contributed by atoms with Crippen molar-refractivity contribution in [2.24, 2.45) is 0 Å². The molecule has 3 N–H and O–H groups in total. The van der Waals surface area contributed by atoms with Gasteiger partial charge in [0.15, 0.2) is 0 Å². The second kappa shape index (κ2) is 9.33. The van der Waals surface area contributed by atoms with E-state index in [0.29, 0.717) is 12.1 Å². The van der Waals surface area contributed by atoms with Gasteiger partial charge in [-0.3, -0.25) is 10.2 Å². The van der Waals surface area contributed by atoms with Crippen molar-refractivity contribution < 1.29 is 32.3 Å². The van der Waals surface area contributed by atoms with Crippen LogP contribution in [0.15, 0.2) is 47.7 Å². The van der Waals surface area contributed by atoms with Crippen LogP contribution in [0.25, 0.3) is 0 Å². The third-order valence-corrected chi connectivity index (χ3v) is 6.95. The summed E-state index contributed by atoms with van der Waals surface area (Å²) < 4.78 is 56.2. The maximum absolute atomic E-state index is 14.7. The molecule has 2 aliphatic rings. The minimum Gasteiger partial charge on any atom is -0.478 e. The number of carboxylic acids is 1. The van der Waals surface area contributed by atoms with Crippen molar-refractivity contribution in [1.82, 2.24) is 10.2 Å². The van der Waals surface area contributed by atoms with Crippen molar-refractivity contribution in [1.29, 1.82) is 5.41 Å². The van der Waals surface area contributed by atoms with E-state index in [2.05, 4.69) is 5.32 Å². The Labute approximate surface area is 209 Å². The van der Waals surface area contributed by atoms with Crippen LogP contribution in [0.2, 0.25) is 5.02 Å². The van der Waals surface area contributed by atoms with Crippen LogP contribution < -0.4 is 5.32 Å². The molecule has 0 atom stereocenters. The summed E-state index contributed by atoms with van der Waals surface area (Å²) in [5, 5.41) is 20.1. The van der Waals surface area contributed by atoms with Gasteiger partial charge in [-0.15, -0.1) is 0 Å². The zero-order valence-corrected chi connectivity index (χ0v) is 19.9. The fourth-order valence-corrected chi connectivity index (χ4v) is 4.75. The lowest BCUT2D eigenvalue weighted by Gasteiger charge is -2.29. The van der Waals surface area contributed by atoms with Gasteiger partial charge in [0, 0.05) is 24.4 Å². The highest BCUT2D eigenvalue weighted by Gasteiger charge is 2.65. The minimum atomic E-state index is -4.55. The summed E-state index contributed by atoms with van der Waals surface area (Å²) in [4.78, 5) is 26.3. The molecule has 36 heavy (non-hydrogen) atoms. The van der Waals surface area contributed by atoms with Gasteiger partial charge in [-0.25, -0.2) is 9.18 Å². The molecule has 2 aromatic carbocycles. The number of amides is 1. The van der Waals surface area contributed by atoms with E-state index in [9.17, 15) is 27.2 Å². The second-order valence-electron chi connectivity index (χ2n) is 9.02. The zero-order chi connectivity index (χ0) is 26.4. The SMILES string of the molecule is CN1CCC(C(=N)c2ccc(C(=O)O)cc2F)=C(NC(=O)c2c(Cl)cccc2C2(C(F)(F)F)CC2)C1. The van der Waals surface area contributed by atoms with Crippen LogP contribution in [-0.4, -0.2) is 53.9 Å². The van der Waals surface area contributed by atoms with Gasteiger partial charge in [0.1, 0.15) is 5.82 Å². The highest BCUT2D eigenvalue weighted by atomic mass is 35.5. The van der Waals surface area contributed by atoms with E-state index in [4.69, 9.17) is 22.1 Å². The Morgan fingerprint density at radius 3 is 2.47 bits per heavy atom. The number of alkyl halides is 3. The molecule has 6 nitrogen and oxygen atoms in total. The molecule has 0 unspecified atom stereocenters. The number of aromatic carboxylic acids is 1. The molecule has 1 aliphatic heterocycles. The van der Waals surface area contributed by atoms with Crippen LogP contribution in [0.5, 0.6) is 0 Å². The van der Waals surface area contributed by atoms with Gasteiger partial charge in [-0.05, 0) is 61.7 Å². The van der Waals surface area contributed by atoms with Crippen LogP contribution in [0.1, 0.15) is 51.1 Å². The van der Waals surface area contributed by atoms with Crippen LogP contribution in [-0.2, 0) is 5.41 Å². The van der Waals surface area contributed by atoms with Gasteiger partial charge in [0.05, 0.1) is 27.3 Å². The number of hydrogen-bond donors (Lipinski definition) is 3. The number of rotatable bonds is 6. The molecule has 0 radical (unpaired) electrons. The molecule has 1 aliphatic carbocycles. The summed E-state index contributed by atoms with van der Waals surface area (Å²) in [7, 11) is 1.76. The Hall–Kier alpha value is -3.24. The molecule has 0 aromatic heterocycles. The van der Waals surface area contributed by atoms with Crippen LogP contribution in [0, 0.1) is 11.2 Å². The van der Waals surface area contributed by atoms with Crippen molar-refractivity contribution in [3.63, 3.8) is 0 Å². The summed E-state index contributed by atoms with van der Waals surface area (Å²) in [6.07, 6.45) is -4.59. The Morgan fingerprint density at radius 2 is 1.89 bits per heavy atom. The normalized spacial score (nSPS) is 17.6. The summed E-state index contributed by atoms with van der Waals surface area (Å²) in [5.74, 6) is -3.07. The smallest absolute Gasteiger partial charge is 0.398 e. The summed E-state index contributed by atoms with van der Waals surface area (Å²) in [5.41, 5.74) is -2.75. The first-order valence-corrected chi connectivity index (χ1v) is 11.4. The summed E-state index contributed by atoms with van der Waals surface area (Å²) >= 11 is 6.22. The van der Waals surface area contributed by atoms with Crippen molar-refractivity contribution in [3.05, 3.63) is 80.8 Å². The standard InChI is InChI=1S/C25H22ClF4N3O3/c1-33-10-7-15(21(31)14-6-5-13(23(35)36)11-18(14)27)19(12-33)32-22(34)20-16(3-2-4-17(20)26)24(8-9-24)25(28,29)30/h2-6,11,31H,7-10,12H2,1H3,(H,32,34)(H,35,36). The first-order valence-electron chi connectivity index (χ1n) is 11.1. The first-order chi connectivity index (χ1) is 16.9. The Kier molecular flexibility index (Phi) is 6.70. The fraction of sp³-hybridized carbons (Fsp3) is 0.320. The zero-order valence-electron chi connectivity index (χ0n) is 19.1. The van der Waals surface area contributed by atoms with Crippen LogP contribution in [0.3, 0.4) is 0 Å². The Balaban J connectivity index is 1.72. The average molecular weight is 524 g/mol. The van der Waals surface area contributed by atoms with E-state index in [1.165, 1.54) is 30.3 Å². The molecule has 4 rings (SSSR count). The summed E-state index contributed by atoms with van der Waals surface area (Å²) in [6.45, 7) is 0.642. The lowest BCUT2D eigenvalue weighted by molar-refractivity contribution is -0.160. The molecular weight excluding hydrogens is 502 g/mol. The van der Waals surface area contributed by atoms with Crippen molar-refractivity contribution in [2.75, 3.05) is 20.1 Å². The number of likely N-dealkylation sites (N-methyl/N-ethyl adjacent to an activating group) is 1. The number of halogens is 5. The highest BCUT2D eigenvalue weighted by Crippen LogP contribution is 2.60. The van der Waals surface area contributed by atoms with E-state index in [1.54, 1.807) is 7.05 Å². The highest BCUT2D eigenvalue weighted by molar-refractivity contribution is 6.34. The number of benzene rings is 2. The predicted molar refractivity (Wildman–Crippen MR) is 125 cm³/mol. The minimum absolute atomic E-state index is 0.128. The van der Waals surface area contributed by atoms with Gasteiger partial charge < -0.3 is 15.3 Å². The maximum Gasteiger partial charge on any atom is 0.398 e. The largest absolute Gasteiger partial charge is 0.478 e. The molecule has 0 spiro atoms. The number of nitrogens with one attached hydrogen (secondary N) is 2. The molecule has 0 saturated heterocycles.